The molecule has 0 fully saturated rings. The number of anilines is 1. The van der Waals surface area contributed by atoms with Gasteiger partial charge < -0.3 is 4.74 Å². The van der Waals surface area contributed by atoms with Gasteiger partial charge in [0, 0.05) is 42.6 Å². The molecule has 2 aromatic carbocycles. The van der Waals surface area contributed by atoms with E-state index < -0.39 is 21.8 Å². The molecule has 0 bridgehead atoms. The summed E-state index contributed by atoms with van der Waals surface area (Å²) >= 11 is 0. The normalized spacial score (nSPS) is 15.6. The van der Waals surface area contributed by atoms with Crippen LogP contribution in [0.3, 0.4) is 0 Å². The Bertz CT molecular complexity index is 1580. The summed E-state index contributed by atoms with van der Waals surface area (Å²) in [6, 6.07) is 13.3. The Labute approximate surface area is 212 Å². The van der Waals surface area contributed by atoms with Gasteiger partial charge in [0.2, 0.25) is 0 Å². The van der Waals surface area contributed by atoms with Gasteiger partial charge in [-0.05, 0) is 60.9 Å². The van der Waals surface area contributed by atoms with Crippen LogP contribution in [0.2, 0.25) is 0 Å². The van der Waals surface area contributed by atoms with Crippen LogP contribution in [-0.2, 0) is 23.2 Å². The Morgan fingerprint density at radius 1 is 1.03 bits per heavy atom. The number of alkyl halides is 3. The molecule has 1 aliphatic heterocycles. The van der Waals surface area contributed by atoms with Crippen molar-refractivity contribution >= 4 is 15.8 Å². The van der Waals surface area contributed by atoms with Gasteiger partial charge >= 0.3 is 6.18 Å². The molecule has 0 radical (unpaired) electrons. The van der Waals surface area contributed by atoms with E-state index in [0.29, 0.717) is 34.6 Å². The van der Waals surface area contributed by atoms with Crippen LogP contribution < -0.4 is 9.46 Å². The fourth-order valence-electron chi connectivity index (χ4n) is 4.54. The van der Waals surface area contributed by atoms with Gasteiger partial charge in [-0.2, -0.15) is 18.3 Å². The number of fused-ring (bicyclic) bond motifs is 1. The quantitative estimate of drug-likeness (QED) is 0.369. The summed E-state index contributed by atoms with van der Waals surface area (Å²) in [7, 11) is -2.27. The number of ether oxygens (including phenoxy) is 1. The molecular formula is C26H23F3N4O3S. The van der Waals surface area contributed by atoms with E-state index in [-0.39, 0.29) is 23.2 Å². The van der Waals surface area contributed by atoms with Crippen molar-refractivity contribution in [2.24, 2.45) is 7.05 Å². The van der Waals surface area contributed by atoms with Crippen LogP contribution >= 0.6 is 0 Å². The average molecular weight is 529 g/mol. The molecule has 7 nitrogen and oxygen atoms in total. The number of pyridine rings is 1. The van der Waals surface area contributed by atoms with E-state index in [1.54, 1.807) is 31.3 Å². The predicted octanol–water partition coefficient (Wildman–Crippen LogP) is 5.52. The number of aromatic nitrogens is 3. The smallest absolute Gasteiger partial charge is 0.416 e. The number of aryl methyl sites for hydroxylation is 2. The molecule has 1 atom stereocenters. The molecule has 192 valence electrons. The second-order valence-electron chi connectivity index (χ2n) is 8.85. The Kier molecular flexibility index (Phi) is 6.18. The van der Waals surface area contributed by atoms with E-state index >= 15 is 0 Å². The molecule has 4 aromatic rings. The SMILES string of the molecule is Cc1ccnc(NS(=O)(=O)c2ccc3c(c2)OCC[C@H]3c2ccc(C(F)(F)F)cc2-c2ccnn2C)c1. The minimum atomic E-state index is -4.50. The topological polar surface area (TPSA) is 86.1 Å². The van der Waals surface area contributed by atoms with Gasteiger partial charge in [-0.3, -0.25) is 9.40 Å². The molecule has 5 rings (SSSR count). The third-order valence-electron chi connectivity index (χ3n) is 6.34. The van der Waals surface area contributed by atoms with E-state index in [9.17, 15) is 21.6 Å². The molecule has 0 saturated heterocycles. The zero-order valence-corrected chi connectivity index (χ0v) is 20.8. The lowest BCUT2D eigenvalue weighted by molar-refractivity contribution is -0.137. The van der Waals surface area contributed by atoms with Crippen LogP contribution in [0, 0.1) is 6.92 Å². The van der Waals surface area contributed by atoms with Gasteiger partial charge in [0.25, 0.3) is 10.0 Å². The maximum atomic E-state index is 13.5. The first-order valence-corrected chi connectivity index (χ1v) is 12.9. The number of sulfonamides is 1. The summed E-state index contributed by atoms with van der Waals surface area (Å²) in [5, 5.41) is 4.13. The van der Waals surface area contributed by atoms with Crippen LogP contribution in [-0.4, -0.2) is 29.8 Å². The summed E-state index contributed by atoms with van der Waals surface area (Å²) < 4.78 is 76.5. The van der Waals surface area contributed by atoms with E-state index in [2.05, 4.69) is 14.8 Å². The Hall–Kier alpha value is -3.86. The van der Waals surface area contributed by atoms with Crippen LogP contribution in [0.25, 0.3) is 11.3 Å². The van der Waals surface area contributed by atoms with Crippen LogP contribution in [0.5, 0.6) is 5.75 Å². The minimum Gasteiger partial charge on any atom is -0.493 e. The van der Waals surface area contributed by atoms with E-state index in [0.717, 1.165) is 17.7 Å². The molecule has 0 aliphatic carbocycles. The van der Waals surface area contributed by atoms with Gasteiger partial charge in [0.05, 0.1) is 22.8 Å². The summed E-state index contributed by atoms with van der Waals surface area (Å²) in [6.45, 7) is 2.10. The first-order valence-electron chi connectivity index (χ1n) is 11.4. The largest absolute Gasteiger partial charge is 0.493 e. The van der Waals surface area contributed by atoms with Crippen molar-refractivity contribution in [3.8, 4) is 17.0 Å². The maximum Gasteiger partial charge on any atom is 0.416 e. The third kappa shape index (κ3) is 4.91. The maximum absolute atomic E-state index is 13.5. The molecule has 0 saturated carbocycles. The summed E-state index contributed by atoms with van der Waals surface area (Å²) in [4.78, 5) is 4.04. The van der Waals surface area contributed by atoms with E-state index in [1.807, 2.05) is 6.92 Å². The second kappa shape index (κ2) is 9.22. The molecule has 37 heavy (non-hydrogen) atoms. The molecule has 0 amide bonds. The second-order valence-corrected chi connectivity index (χ2v) is 10.5. The first-order chi connectivity index (χ1) is 17.5. The van der Waals surface area contributed by atoms with Crippen molar-refractivity contribution in [1.29, 1.82) is 0 Å². The average Bonchev–Trinajstić information content (AvgIpc) is 3.27. The van der Waals surface area contributed by atoms with Gasteiger partial charge in [0.1, 0.15) is 11.6 Å². The predicted molar refractivity (Wildman–Crippen MR) is 132 cm³/mol. The van der Waals surface area contributed by atoms with Crippen molar-refractivity contribution < 1.29 is 26.3 Å². The summed E-state index contributed by atoms with van der Waals surface area (Å²) in [6.07, 6.45) is -0.940. The number of hydrogen-bond acceptors (Lipinski definition) is 5. The van der Waals surface area contributed by atoms with Crippen LogP contribution in [0.1, 0.15) is 34.6 Å². The fourth-order valence-corrected chi connectivity index (χ4v) is 5.56. The first kappa shape index (κ1) is 24.8. The molecule has 2 aromatic heterocycles. The Morgan fingerprint density at radius 2 is 1.81 bits per heavy atom. The number of halogens is 3. The molecule has 1 aliphatic rings. The molecule has 3 heterocycles. The molecule has 11 heteroatoms. The highest BCUT2D eigenvalue weighted by Crippen LogP contribution is 2.44. The van der Waals surface area contributed by atoms with E-state index in [1.165, 1.54) is 35.3 Å². The van der Waals surface area contributed by atoms with Crippen molar-refractivity contribution in [2.45, 2.75) is 30.3 Å². The van der Waals surface area contributed by atoms with Crippen molar-refractivity contribution in [2.75, 3.05) is 11.3 Å². The van der Waals surface area contributed by atoms with Gasteiger partial charge in [-0.1, -0.05) is 12.1 Å². The standard InChI is InChI=1S/C26H23F3N4O3S/c1-16-7-10-30-25(13-16)32-37(34,35)18-4-6-21-20(9-12-36-24(21)15-18)19-5-3-17(26(27,28)29)14-22(19)23-8-11-31-33(23)2/h3-8,10-11,13-15,20H,9,12H2,1-2H3,(H,30,32)/t20-/m0/s1. The van der Waals surface area contributed by atoms with Crippen molar-refractivity contribution in [1.82, 2.24) is 14.8 Å². The summed E-state index contributed by atoms with van der Waals surface area (Å²) in [5.41, 5.74) is 2.43. The number of benzene rings is 2. The lowest BCUT2D eigenvalue weighted by Crippen LogP contribution is -2.19. The third-order valence-corrected chi connectivity index (χ3v) is 7.69. The Morgan fingerprint density at radius 3 is 2.51 bits per heavy atom. The zero-order valence-electron chi connectivity index (χ0n) is 20.0. The highest BCUT2D eigenvalue weighted by Gasteiger charge is 2.33. The van der Waals surface area contributed by atoms with Gasteiger partial charge in [0.15, 0.2) is 0 Å². The molecule has 1 N–H and O–H groups in total. The number of nitrogens with zero attached hydrogens (tertiary/aromatic N) is 3. The molecule has 0 spiro atoms. The van der Waals surface area contributed by atoms with Crippen LogP contribution in [0.4, 0.5) is 19.0 Å². The lowest BCUT2D eigenvalue weighted by atomic mass is 9.83. The number of hydrogen-bond donors (Lipinski definition) is 1. The highest BCUT2D eigenvalue weighted by molar-refractivity contribution is 7.92. The Balaban J connectivity index is 1.55. The van der Waals surface area contributed by atoms with Crippen molar-refractivity contribution in [3.63, 3.8) is 0 Å². The van der Waals surface area contributed by atoms with E-state index in [4.69, 9.17) is 4.74 Å². The fraction of sp³-hybridized carbons (Fsp3) is 0.231. The number of nitrogens with one attached hydrogen (secondary N) is 1. The summed E-state index contributed by atoms with van der Waals surface area (Å²) in [5.74, 6) is 0.258. The lowest BCUT2D eigenvalue weighted by Gasteiger charge is -2.29. The van der Waals surface area contributed by atoms with Crippen LogP contribution in [0.15, 0.2) is 71.9 Å². The monoisotopic (exact) mass is 528 g/mol. The number of rotatable bonds is 5. The highest BCUT2D eigenvalue weighted by atomic mass is 32.2. The zero-order chi connectivity index (χ0) is 26.4. The molecular weight excluding hydrogens is 505 g/mol. The molecule has 0 unspecified atom stereocenters. The minimum absolute atomic E-state index is 0.00511. The van der Waals surface area contributed by atoms with Crippen molar-refractivity contribution in [3.05, 3.63) is 89.2 Å². The van der Waals surface area contributed by atoms with Gasteiger partial charge in [-0.15, -0.1) is 0 Å². The van der Waals surface area contributed by atoms with Gasteiger partial charge in [-0.25, -0.2) is 13.4 Å².